The summed E-state index contributed by atoms with van der Waals surface area (Å²) in [6.45, 7) is 2.95. The van der Waals surface area contributed by atoms with Crippen LogP contribution in [0, 0.1) is 0 Å². The minimum atomic E-state index is -5.10. The fraction of sp³-hybridized carbons (Fsp3) is 0.878. The van der Waals surface area contributed by atoms with E-state index in [1.165, 1.54) is 102 Å². The number of amides is 1. The molecule has 324 valence electrons. The fourth-order valence-corrected chi connectivity index (χ4v) is 7.15. The van der Waals surface area contributed by atoms with Crippen LogP contribution in [0.3, 0.4) is 0 Å². The average Bonchev–Trinajstić information content (AvgIpc) is 3.15. The molecule has 8 unspecified atom stereocenters. The topological polar surface area (TPSA) is 212 Å². The standard InChI is InChI=1S/C41H77NO12S/c1-3-5-7-8-9-10-11-12-13-14-15-16-17-18-19-20-21-22-23-24-25-26-28-30-35(45)40(48)42-33(34(44)29-27-6-4-2)32-52-41-38(47)39(54-55(49,50)51)37(46)36(31-43)53-41/h18-19,27,29,33-39,41,43-47H,3-17,20-26,28,30-32H2,1-2H3,(H,42,48)(H,49,50,51)/b19-18-,29-27+. The third-order valence-electron chi connectivity index (χ3n) is 10.1. The molecule has 7 N–H and O–H groups in total. The quantitative estimate of drug-likeness (QED) is 0.0212. The zero-order valence-electron chi connectivity index (χ0n) is 33.9. The number of rotatable bonds is 35. The van der Waals surface area contributed by atoms with Gasteiger partial charge in [-0.1, -0.05) is 154 Å². The van der Waals surface area contributed by atoms with E-state index in [1.807, 2.05) is 6.92 Å². The van der Waals surface area contributed by atoms with Crippen molar-refractivity contribution in [1.82, 2.24) is 5.32 Å². The number of hydrogen-bond acceptors (Lipinski definition) is 11. The summed E-state index contributed by atoms with van der Waals surface area (Å²) in [6.07, 6.45) is 24.1. The lowest BCUT2D eigenvalue weighted by molar-refractivity contribution is -0.298. The highest BCUT2D eigenvalue weighted by Crippen LogP contribution is 2.26. The molecule has 1 amide bonds. The molecule has 0 saturated carbocycles. The van der Waals surface area contributed by atoms with E-state index in [9.17, 15) is 38.7 Å². The van der Waals surface area contributed by atoms with Crippen molar-refractivity contribution in [2.24, 2.45) is 0 Å². The van der Waals surface area contributed by atoms with Gasteiger partial charge < -0.3 is 40.3 Å². The van der Waals surface area contributed by atoms with Gasteiger partial charge in [0, 0.05) is 0 Å². The summed E-state index contributed by atoms with van der Waals surface area (Å²) in [4.78, 5) is 12.9. The van der Waals surface area contributed by atoms with Gasteiger partial charge in [0.25, 0.3) is 0 Å². The molecule has 55 heavy (non-hydrogen) atoms. The van der Waals surface area contributed by atoms with Gasteiger partial charge in [-0.15, -0.1) is 0 Å². The Balaban J connectivity index is 2.30. The first-order chi connectivity index (χ1) is 26.4. The van der Waals surface area contributed by atoms with Gasteiger partial charge >= 0.3 is 10.4 Å². The Kier molecular flexibility index (Phi) is 30.5. The lowest BCUT2D eigenvalue weighted by atomic mass is 9.99. The highest BCUT2D eigenvalue weighted by Gasteiger charge is 2.48. The van der Waals surface area contributed by atoms with Crippen LogP contribution in [-0.4, -0.2) is 107 Å². The van der Waals surface area contributed by atoms with Gasteiger partial charge in [-0.2, -0.15) is 8.42 Å². The number of unbranched alkanes of at least 4 members (excludes halogenated alkanes) is 20. The third-order valence-corrected chi connectivity index (χ3v) is 10.5. The van der Waals surface area contributed by atoms with E-state index in [2.05, 4.69) is 28.6 Å². The maximum Gasteiger partial charge on any atom is 0.397 e. The second-order valence-corrected chi connectivity index (χ2v) is 16.1. The number of ether oxygens (including phenoxy) is 2. The van der Waals surface area contributed by atoms with E-state index < -0.39 is 78.5 Å². The smallest absolute Gasteiger partial charge is 0.394 e. The van der Waals surface area contributed by atoms with Gasteiger partial charge in [0.05, 0.1) is 25.4 Å². The van der Waals surface area contributed by atoms with Crippen LogP contribution < -0.4 is 5.32 Å². The summed E-state index contributed by atoms with van der Waals surface area (Å²) in [5.41, 5.74) is 0. The van der Waals surface area contributed by atoms with Gasteiger partial charge in [-0.3, -0.25) is 9.35 Å². The van der Waals surface area contributed by atoms with Crippen molar-refractivity contribution in [1.29, 1.82) is 0 Å². The highest BCUT2D eigenvalue weighted by atomic mass is 32.3. The van der Waals surface area contributed by atoms with Gasteiger partial charge in [0.2, 0.25) is 5.91 Å². The molecular formula is C41H77NO12S. The number of carbonyl (C=O) groups excluding carboxylic acids is 1. The molecule has 0 radical (unpaired) electrons. The van der Waals surface area contributed by atoms with Crippen LogP contribution in [0.15, 0.2) is 24.3 Å². The molecule has 0 bridgehead atoms. The van der Waals surface area contributed by atoms with E-state index in [0.717, 1.165) is 38.5 Å². The first kappa shape index (κ1) is 51.6. The predicted octanol–water partition coefficient (Wildman–Crippen LogP) is 6.35. The second kappa shape index (κ2) is 32.5. The summed E-state index contributed by atoms with van der Waals surface area (Å²) in [5, 5.41) is 54.3. The van der Waals surface area contributed by atoms with Crippen LogP contribution in [0.25, 0.3) is 0 Å². The maximum atomic E-state index is 12.9. The van der Waals surface area contributed by atoms with Crippen molar-refractivity contribution < 1.29 is 57.0 Å². The predicted molar refractivity (Wildman–Crippen MR) is 215 cm³/mol. The van der Waals surface area contributed by atoms with Crippen molar-refractivity contribution in [3.8, 4) is 0 Å². The second-order valence-electron chi connectivity index (χ2n) is 15.1. The molecule has 1 heterocycles. The molecule has 1 rings (SSSR count). The Morgan fingerprint density at radius 3 is 1.73 bits per heavy atom. The minimum Gasteiger partial charge on any atom is -0.394 e. The molecule has 8 atom stereocenters. The molecule has 14 heteroatoms. The maximum absolute atomic E-state index is 12.9. The fourth-order valence-electron chi connectivity index (χ4n) is 6.64. The number of aliphatic hydroxyl groups excluding tert-OH is 5. The molecule has 0 aliphatic carbocycles. The summed E-state index contributed by atoms with van der Waals surface area (Å²) in [5.74, 6) is -0.718. The average molecular weight is 808 g/mol. The SMILES string of the molecule is CCC/C=C/C(O)C(COC1OC(CO)C(O)C(OS(=O)(=O)O)C1O)NC(=O)C(O)CCCCCCCCC/C=C\CCCCCCCCCCCCCC. The monoisotopic (exact) mass is 808 g/mol. The van der Waals surface area contributed by atoms with Crippen LogP contribution >= 0.6 is 0 Å². The Morgan fingerprint density at radius 1 is 0.727 bits per heavy atom. The van der Waals surface area contributed by atoms with Crippen molar-refractivity contribution >= 4 is 16.3 Å². The lowest BCUT2D eigenvalue weighted by Gasteiger charge is -2.41. The van der Waals surface area contributed by atoms with Crippen molar-refractivity contribution in [2.45, 2.75) is 217 Å². The van der Waals surface area contributed by atoms with E-state index in [0.29, 0.717) is 12.8 Å². The molecule has 1 aliphatic heterocycles. The zero-order valence-corrected chi connectivity index (χ0v) is 34.7. The highest BCUT2D eigenvalue weighted by molar-refractivity contribution is 7.80. The molecule has 1 saturated heterocycles. The van der Waals surface area contributed by atoms with Crippen molar-refractivity contribution in [2.75, 3.05) is 13.2 Å². The van der Waals surface area contributed by atoms with Gasteiger partial charge in [0.1, 0.15) is 30.5 Å². The Labute approximate surface area is 332 Å². The zero-order chi connectivity index (χ0) is 40.7. The number of hydrogen-bond donors (Lipinski definition) is 7. The van der Waals surface area contributed by atoms with Crippen molar-refractivity contribution in [3.63, 3.8) is 0 Å². The number of nitrogens with one attached hydrogen (secondary N) is 1. The number of carbonyl (C=O) groups is 1. The first-order valence-corrected chi connectivity index (χ1v) is 22.7. The molecular weight excluding hydrogens is 731 g/mol. The summed E-state index contributed by atoms with van der Waals surface area (Å²) in [6, 6.07) is -1.12. The molecule has 0 spiro atoms. The van der Waals surface area contributed by atoms with E-state index in [1.54, 1.807) is 6.08 Å². The largest absolute Gasteiger partial charge is 0.397 e. The summed E-state index contributed by atoms with van der Waals surface area (Å²) in [7, 11) is -5.10. The van der Waals surface area contributed by atoms with Crippen LogP contribution in [0.4, 0.5) is 0 Å². The van der Waals surface area contributed by atoms with Crippen LogP contribution in [0.5, 0.6) is 0 Å². The van der Waals surface area contributed by atoms with Gasteiger partial charge in [-0.05, 0) is 38.5 Å². The summed E-state index contributed by atoms with van der Waals surface area (Å²) >= 11 is 0. The van der Waals surface area contributed by atoms with Gasteiger partial charge in [0.15, 0.2) is 6.29 Å². The number of aliphatic hydroxyl groups is 5. The summed E-state index contributed by atoms with van der Waals surface area (Å²) < 4.78 is 46.9. The normalized spacial score (nSPS) is 22.4. The Bertz CT molecular complexity index is 1110. The van der Waals surface area contributed by atoms with E-state index in [4.69, 9.17) is 14.0 Å². The lowest BCUT2D eigenvalue weighted by Crippen LogP contribution is -2.61. The van der Waals surface area contributed by atoms with E-state index >= 15 is 0 Å². The molecule has 0 aromatic rings. The number of allylic oxidation sites excluding steroid dienone is 3. The molecule has 1 fully saturated rings. The molecule has 13 nitrogen and oxygen atoms in total. The van der Waals surface area contributed by atoms with Crippen LogP contribution in [0.1, 0.15) is 168 Å². The van der Waals surface area contributed by atoms with E-state index in [-0.39, 0.29) is 6.42 Å². The molecule has 1 aliphatic rings. The third kappa shape index (κ3) is 25.5. The first-order valence-electron chi connectivity index (χ1n) is 21.3. The molecule has 0 aromatic heterocycles. The van der Waals surface area contributed by atoms with Gasteiger partial charge in [-0.25, -0.2) is 4.18 Å². The van der Waals surface area contributed by atoms with Crippen LogP contribution in [0.2, 0.25) is 0 Å². The van der Waals surface area contributed by atoms with Crippen LogP contribution in [-0.2, 0) is 28.9 Å². The Morgan fingerprint density at radius 2 is 1.24 bits per heavy atom. The molecule has 0 aromatic carbocycles. The van der Waals surface area contributed by atoms with Crippen molar-refractivity contribution in [3.05, 3.63) is 24.3 Å². The Hall–Kier alpha value is -1.46. The minimum absolute atomic E-state index is 0.236.